The molecule has 0 amide bonds. The fourth-order valence-corrected chi connectivity index (χ4v) is 4.99. The highest BCUT2D eigenvalue weighted by Crippen LogP contribution is 2.50. The Bertz CT molecular complexity index is 1080. The lowest BCUT2D eigenvalue weighted by molar-refractivity contribution is -0.0498. The van der Waals surface area contributed by atoms with Gasteiger partial charge in [-0.15, -0.1) is 0 Å². The lowest BCUT2D eigenvalue weighted by Crippen LogP contribution is -2.34. The number of aromatic nitrogens is 4. The van der Waals surface area contributed by atoms with E-state index in [1.54, 1.807) is 13.2 Å². The number of hydrogen-bond acceptors (Lipinski definition) is 5. The summed E-state index contributed by atoms with van der Waals surface area (Å²) < 4.78 is 37.3. The molecule has 5 rings (SSSR count). The largest absolute Gasteiger partial charge is 0.468 e. The van der Waals surface area contributed by atoms with E-state index in [0.717, 1.165) is 5.65 Å². The molecule has 0 atom stereocenters. The van der Waals surface area contributed by atoms with E-state index >= 15 is 0 Å². The van der Waals surface area contributed by atoms with Crippen LogP contribution >= 0.6 is 11.6 Å². The molecule has 0 bridgehead atoms. The predicted molar refractivity (Wildman–Crippen MR) is 113 cm³/mol. The van der Waals surface area contributed by atoms with Crippen LogP contribution in [0.25, 0.3) is 22.4 Å². The van der Waals surface area contributed by atoms with E-state index in [0.29, 0.717) is 40.7 Å². The third-order valence-electron chi connectivity index (χ3n) is 6.61. The SMILES string of the molecule is COc1nc2c(-c3ccc(OC(F)F)cc3Cl)ncnc2n1C(C1CCC1)C1CCC1. The summed E-state index contributed by atoms with van der Waals surface area (Å²) in [5.74, 6) is 1.20. The molecule has 9 heteroatoms. The smallest absolute Gasteiger partial charge is 0.387 e. The fraction of sp³-hybridized carbons (Fsp3) is 0.500. The third kappa shape index (κ3) is 3.60. The van der Waals surface area contributed by atoms with Crippen LogP contribution in [0.3, 0.4) is 0 Å². The number of fused-ring (bicyclic) bond motifs is 1. The van der Waals surface area contributed by atoms with Crippen LogP contribution in [-0.2, 0) is 0 Å². The molecule has 2 aliphatic rings. The van der Waals surface area contributed by atoms with E-state index in [-0.39, 0.29) is 10.8 Å². The zero-order valence-corrected chi connectivity index (χ0v) is 17.9. The van der Waals surface area contributed by atoms with Crippen molar-refractivity contribution in [3.8, 4) is 23.0 Å². The maximum Gasteiger partial charge on any atom is 0.387 e. The second kappa shape index (κ2) is 8.22. The number of nitrogens with zero attached hydrogens (tertiary/aromatic N) is 4. The van der Waals surface area contributed by atoms with Crippen LogP contribution in [-0.4, -0.2) is 33.2 Å². The van der Waals surface area contributed by atoms with Crippen LogP contribution < -0.4 is 9.47 Å². The van der Waals surface area contributed by atoms with Gasteiger partial charge in [-0.25, -0.2) is 9.97 Å². The van der Waals surface area contributed by atoms with Gasteiger partial charge in [0.05, 0.1) is 12.1 Å². The lowest BCUT2D eigenvalue weighted by atomic mass is 9.68. The standard InChI is InChI=1S/C22H23ClF2N4O2/c1-30-22-28-18-17(15-9-8-14(10-16(15)23)31-21(24)25)26-11-27-20(18)29(22)19(12-4-2-5-12)13-6-3-7-13/h8-13,19,21H,2-7H2,1H3. The zero-order valence-electron chi connectivity index (χ0n) is 17.1. The van der Waals surface area contributed by atoms with E-state index in [1.165, 1.54) is 57.0 Å². The number of alkyl halides is 2. The number of imidazole rings is 1. The van der Waals surface area contributed by atoms with Crippen molar-refractivity contribution in [3.05, 3.63) is 29.5 Å². The average Bonchev–Trinajstić information content (AvgIpc) is 3.03. The average molecular weight is 449 g/mol. The van der Waals surface area contributed by atoms with E-state index in [4.69, 9.17) is 21.3 Å². The van der Waals surface area contributed by atoms with Crippen molar-refractivity contribution in [1.82, 2.24) is 19.5 Å². The number of ether oxygens (including phenoxy) is 2. The molecule has 0 spiro atoms. The highest BCUT2D eigenvalue weighted by molar-refractivity contribution is 6.33. The molecular formula is C22H23ClF2N4O2. The highest BCUT2D eigenvalue weighted by atomic mass is 35.5. The topological polar surface area (TPSA) is 62.1 Å². The number of halogens is 3. The molecule has 3 aromatic rings. The monoisotopic (exact) mass is 448 g/mol. The first-order valence-corrected chi connectivity index (χ1v) is 11.0. The summed E-state index contributed by atoms with van der Waals surface area (Å²) in [6.07, 6.45) is 8.84. The van der Waals surface area contributed by atoms with Gasteiger partial charge in [0.1, 0.15) is 23.3 Å². The van der Waals surface area contributed by atoms with Gasteiger partial charge in [-0.2, -0.15) is 13.8 Å². The predicted octanol–water partition coefficient (Wildman–Crippen LogP) is 5.90. The first kappa shape index (κ1) is 20.4. The van der Waals surface area contributed by atoms with Gasteiger partial charge >= 0.3 is 6.61 Å². The Hall–Kier alpha value is -2.48. The van der Waals surface area contributed by atoms with Crippen LogP contribution in [0.1, 0.15) is 44.6 Å². The lowest BCUT2D eigenvalue weighted by Gasteiger charge is -2.43. The van der Waals surface area contributed by atoms with Crippen LogP contribution in [0.2, 0.25) is 5.02 Å². The number of hydrogen-bond donors (Lipinski definition) is 0. The van der Waals surface area contributed by atoms with Gasteiger partial charge < -0.3 is 9.47 Å². The summed E-state index contributed by atoms with van der Waals surface area (Å²) in [5, 5.41) is 0.251. The Morgan fingerprint density at radius 2 is 1.81 bits per heavy atom. The molecule has 2 fully saturated rings. The molecule has 1 aromatic carbocycles. The first-order valence-electron chi connectivity index (χ1n) is 10.6. The maximum absolute atomic E-state index is 12.5. The van der Waals surface area contributed by atoms with Gasteiger partial charge in [-0.3, -0.25) is 4.57 Å². The van der Waals surface area contributed by atoms with Crippen molar-refractivity contribution in [2.24, 2.45) is 11.8 Å². The summed E-state index contributed by atoms with van der Waals surface area (Å²) >= 11 is 6.40. The summed E-state index contributed by atoms with van der Waals surface area (Å²) in [6, 6.07) is 5.25. The van der Waals surface area contributed by atoms with Crippen molar-refractivity contribution in [1.29, 1.82) is 0 Å². The molecule has 0 aliphatic heterocycles. The van der Waals surface area contributed by atoms with E-state index in [9.17, 15) is 8.78 Å². The second-order valence-corrected chi connectivity index (χ2v) is 8.66. The van der Waals surface area contributed by atoms with Crippen LogP contribution in [0.4, 0.5) is 8.78 Å². The summed E-state index contributed by atoms with van der Waals surface area (Å²) in [4.78, 5) is 13.7. The van der Waals surface area contributed by atoms with Gasteiger partial charge in [-0.1, -0.05) is 24.4 Å². The first-order chi connectivity index (χ1) is 15.1. The molecule has 2 aliphatic carbocycles. The van der Waals surface area contributed by atoms with Gasteiger partial charge in [0.15, 0.2) is 5.65 Å². The van der Waals surface area contributed by atoms with E-state index in [1.807, 2.05) is 0 Å². The molecule has 0 saturated heterocycles. The van der Waals surface area contributed by atoms with E-state index in [2.05, 4.69) is 19.3 Å². The Balaban J connectivity index is 1.62. The molecule has 164 valence electrons. The summed E-state index contributed by atoms with van der Waals surface area (Å²) in [5.41, 5.74) is 2.42. The van der Waals surface area contributed by atoms with Gasteiger partial charge in [0.25, 0.3) is 6.01 Å². The zero-order chi connectivity index (χ0) is 21.5. The Labute approximate surface area is 183 Å². The van der Waals surface area contributed by atoms with Crippen LogP contribution in [0.15, 0.2) is 24.5 Å². The normalized spacial score (nSPS) is 17.2. The number of methoxy groups -OCH3 is 1. The van der Waals surface area contributed by atoms with Crippen LogP contribution in [0, 0.1) is 11.8 Å². The fourth-order valence-electron chi connectivity index (χ4n) is 4.73. The molecule has 6 nitrogen and oxygen atoms in total. The van der Waals surface area contributed by atoms with Gasteiger partial charge in [0, 0.05) is 11.6 Å². The third-order valence-corrected chi connectivity index (χ3v) is 6.92. The van der Waals surface area contributed by atoms with Crippen molar-refractivity contribution in [2.45, 2.75) is 51.2 Å². The minimum absolute atomic E-state index is 0.00723. The second-order valence-electron chi connectivity index (χ2n) is 8.26. The van der Waals surface area contributed by atoms with Gasteiger partial charge in [0.2, 0.25) is 0 Å². The molecule has 2 aromatic heterocycles. The Morgan fingerprint density at radius 1 is 1.10 bits per heavy atom. The highest BCUT2D eigenvalue weighted by Gasteiger charge is 2.40. The Morgan fingerprint density at radius 3 is 2.35 bits per heavy atom. The molecule has 2 heterocycles. The van der Waals surface area contributed by atoms with Crippen molar-refractivity contribution in [3.63, 3.8) is 0 Å². The quantitative estimate of drug-likeness (QED) is 0.450. The van der Waals surface area contributed by atoms with Crippen molar-refractivity contribution in [2.75, 3.05) is 7.11 Å². The molecule has 0 unspecified atom stereocenters. The maximum atomic E-state index is 12.5. The molecule has 0 radical (unpaired) electrons. The van der Waals surface area contributed by atoms with E-state index < -0.39 is 6.61 Å². The number of benzene rings is 1. The minimum Gasteiger partial charge on any atom is -0.468 e. The van der Waals surface area contributed by atoms with Crippen molar-refractivity contribution < 1.29 is 18.3 Å². The van der Waals surface area contributed by atoms with Crippen LogP contribution in [0.5, 0.6) is 11.8 Å². The molecule has 0 N–H and O–H groups in total. The molecule has 31 heavy (non-hydrogen) atoms. The minimum atomic E-state index is -2.91. The van der Waals surface area contributed by atoms with Gasteiger partial charge in [-0.05, 0) is 55.7 Å². The Kier molecular flexibility index (Phi) is 5.42. The molecular weight excluding hydrogens is 426 g/mol. The number of rotatable bonds is 7. The molecule has 2 saturated carbocycles. The van der Waals surface area contributed by atoms with Crippen molar-refractivity contribution >= 4 is 22.8 Å². The summed E-state index contributed by atoms with van der Waals surface area (Å²) in [6.45, 7) is -2.91. The summed E-state index contributed by atoms with van der Waals surface area (Å²) in [7, 11) is 1.62.